The molecule has 0 aliphatic heterocycles. The first-order valence-corrected chi connectivity index (χ1v) is 7.20. The molecular formula is C13H16Cl2N2O4. The van der Waals surface area contributed by atoms with E-state index in [2.05, 4.69) is 0 Å². The topological polar surface area (TPSA) is 72.7 Å². The highest BCUT2D eigenvalue weighted by atomic mass is 35.5. The molecule has 116 valence electrons. The highest BCUT2D eigenvalue weighted by Crippen LogP contribution is 2.37. The maximum absolute atomic E-state index is 11.6. The van der Waals surface area contributed by atoms with Crippen molar-refractivity contribution in [3.05, 3.63) is 32.3 Å². The summed E-state index contributed by atoms with van der Waals surface area (Å²) in [5, 5.41) is 11.0. The number of hydrogen-bond donors (Lipinski definition) is 0. The SMILES string of the molecule is CCCN(CC(=O)OCC)c1c(Cl)cc([N+](=O)[O-])cc1Cl. The van der Waals surface area contributed by atoms with Crippen LogP contribution in [-0.2, 0) is 9.53 Å². The van der Waals surface area contributed by atoms with Crippen LogP contribution in [0.1, 0.15) is 20.3 Å². The van der Waals surface area contributed by atoms with Crippen LogP contribution in [0.2, 0.25) is 10.0 Å². The van der Waals surface area contributed by atoms with Gasteiger partial charge in [0.05, 0.1) is 27.3 Å². The number of hydrogen-bond acceptors (Lipinski definition) is 5. The largest absolute Gasteiger partial charge is 0.465 e. The van der Waals surface area contributed by atoms with Crippen molar-refractivity contribution in [3.63, 3.8) is 0 Å². The van der Waals surface area contributed by atoms with Gasteiger partial charge in [-0.2, -0.15) is 0 Å². The molecule has 6 nitrogen and oxygen atoms in total. The molecule has 0 bridgehead atoms. The summed E-state index contributed by atoms with van der Waals surface area (Å²) < 4.78 is 4.91. The molecule has 0 N–H and O–H groups in total. The van der Waals surface area contributed by atoms with Gasteiger partial charge in [-0.1, -0.05) is 30.1 Å². The Bertz CT molecular complexity index is 514. The Balaban J connectivity index is 3.13. The van der Waals surface area contributed by atoms with Gasteiger partial charge in [-0.15, -0.1) is 0 Å². The van der Waals surface area contributed by atoms with Crippen molar-refractivity contribution in [2.45, 2.75) is 20.3 Å². The number of anilines is 1. The van der Waals surface area contributed by atoms with E-state index in [9.17, 15) is 14.9 Å². The average molecular weight is 335 g/mol. The Labute approximate surface area is 132 Å². The van der Waals surface area contributed by atoms with Crippen LogP contribution in [0.3, 0.4) is 0 Å². The third-order valence-corrected chi connectivity index (χ3v) is 3.22. The molecule has 21 heavy (non-hydrogen) atoms. The Kier molecular flexibility index (Phi) is 6.71. The van der Waals surface area contributed by atoms with E-state index in [1.807, 2.05) is 6.92 Å². The van der Waals surface area contributed by atoms with Crippen LogP contribution in [-0.4, -0.2) is 30.6 Å². The number of nitro benzene ring substituents is 1. The fourth-order valence-electron chi connectivity index (χ4n) is 1.86. The predicted octanol–water partition coefficient (Wildman–Crippen LogP) is 3.68. The van der Waals surface area contributed by atoms with Crippen molar-refractivity contribution >= 4 is 40.5 Å². The maximum atomic E-state index is 11.6. The Morgan fingerprint density at radius 3 is 2.33 bits per heavy atom. The molecule has 0 spiro atoms. The number of nitrogens with zero attached hydrogens (tertiary/aromatic N) is 2. The van der Waals surface area contributed by atoms with Crippen LogP contribution in [0.25, 0.3) is 0 Å². The van der Waals surface area contributed by atoms with E-state index in [0.717, 1.165) is 6.42 Å². The van der Waals surface area contributed by atoms with Crippen molar-refractivity contribution in [3.8, 4) is 0 Å². The summed E-state index contributed by atoms with van der Waals surface area (Å²) in [5.74, 6) is -0.406. The third kappa shape index (κ3) is 4.75. The Hall–Kier alpha value is -1.53. The van der Waals surface area contributed by atoms with Crippen molar-refractivity contribution in [2.24, 2.45) is 0 Å². The molecule has 0 fully saturated rings. The molecule has 0 saturated heterocycles. The van der Waals surface area contributed by atoms with Gasteiger partial charge in [-0.3, -0.25) is 14.9 Å². The lowest BCUT2D eigenvalue weighted by atomic mass is 10.2. The normalized spacial score (nSPS) is 10.3. The molecule has 0 saturated carbocycles. The Morgan fingerprint density at radius 2 is 1.90 bits per heavy atom. The van der Waals surface area contributed by atoms with Crippen LogP contribution < -0.4 is 4.90 Å². The number of non-ortho nitro benzene ring substituents is 1. The van der Waals surface area contributed by atoms with Crippen molar-refractivity contribution in [2.75, 3.05) is 24.6 Å². The van der Waals surface area contributed by atoms with E-state index in [4.69, 9.17) is 27.9 Å². The fraction of sp³-hybridized carbons (Fsp3) is 0.462. The second-order valence-corrected chi connectivity index (χ2v) is 5.06. The first kappa shape index (κ1) is 17.5. The van der Waals surface area contributed by atoms with E-state index in [1.54, 1.807) is 11.8 Å². The molecule has 0 amide bonds. The summed E-state index contributed by atoms with van der Waals surface area (Å²) in [6, 6.07) is 2.44. The van der Waals surface area contributed by atoms with Crippen LogP contribution in [0.4, 0.5) is 11.4 Å². The molecule has 1 rings (SSSR count). The molecule has 0 atom stereocenters. The van der Waals surface area contributed by atoms with Gasteiger partial charge >= 0.3 is 5.97 Å². The smallest absolute Gasteiger partial charge is 0.325 e. The minimum absolute atomic E-state index is 0.0149. The summed E-state index contributed by atoms with van der Waals surface area (Å²) in [6.45, 7) is 4.44. The lowest BCUT2D eigenvalue weighted by Crippen LogP contribution is -2.32. The van der Waals surface area contributed by atoms with Crippen LogP contribution >= 0.6 is 23.2 Å². The lowest BCUT2D eigenvalue weighted by Gasteiger charge is -2.25. The molecule has 1 aromatic rings. The van der Waals surface area contributed by atoms with E-state index < -0.39 is 10.9 Å². The molecule has 8 heteroatoms. The van der Waals surface area contributed by atoms with Crippen molar-refractivity contribution in [1.82, 2.24) is 0 Å². The van der Waals surface area contributed by atoms with E-state index >= 15 is 0 Å². The number of nitro groups is 1. The first-order chi connectivity index (χ1) is 9.90. The van der Waals surface area contributed by atoms with Crippen LogP contribution in [0.15, 0.2) is 12.1 Å². The fourth-order valence-corrected chi connectivity index (χ4v) is 2.58. The number of benzene rings is 1. The lowest BCUT2D eigenvalue weighted by molar-refractivity contribution is -0.384. The predicted molar refractivity (Wildman–Crippen MR) is 82.3 cm³/mol. The number of ether oxygens (including phenoxy) is 1. The second kappa shape index (κ2) is 8.05. The molecule has 0 heterocycles. The molecule has 0 aromatic heterocycles. The number of halogens is 2. The summed E-state index contributed by atoms with van der Waals surface area (Å²) in [7, 11) is 0. The minimum atomic E-state index is -0.572. The summed E-state index contributed by atoms with van der Waals surface area (Å²) in [5.41, 5.74) is 0.208. The highest BCUT2D eigenvalue weighted by Gasteiger charge is 2.21. The van der Waals surface area contributed by atoms with Gasteiger partial charge in [-0.05, 0) is 13.3 Å². The van der Waals surface area contributed by atoms with Gasteiger partial charge < -0.3 is 9.64 Å². The summed E-state index contributed by atoms with van der Waals surface area (Å²) in [6.07, 6.45) is 0.753. The quantitative estimate of drug-likeness (QED) is 0.432. The van der Waals surface area contributed by atoms with Crippen LogP contribution in [0.5, 0.6) is 0 Å². The van der Waals surface area contributed by atoms with Gasteiger partial charge in [0.2, 0.25) is 0 Å². The van der Waals surface area contributed by atoms with E-state index in [-0.39, 0.29) is 28.9 Å². The van der Waals surface area contributed by atoms with Gasteiger partial charge in [0.1, 0.15) is 6.54 Å². The average Bonchev–Trinajstić information content (AvgIpc) is 2.38. The zero-order valence-electron chi connectivity index (χ0n) is 11.8. The molecule has 0 aliphatic carbocycles. The second-order valence-electron chi connectivity index (χ2n) is 4.24. The number of carbonyl (C=O) groups excluding carboxylic acids is 1. The first-order valence-electron chi connectivity index (χ1n) is 6.44. The number of esters is 1. The minimum Gasteiger partial charge on any atom is -0.465 e. The van der Waals surface area contributed by atoms with Crippen LogP contribution in [0, 0.1) is 10.1 Å². The number of carbonyl (C=O) groups is 1. The molecular weight excluding hydrogens is 319 g/mol. The van der Waals surface area contributed by atoms with Crippen molar-refractivity contribution in [1.29, 1.82) is 0 Å². The molecule has 0 unspecified atom stereocenters. The number of rotatable bonds is 7. The molecule has 0 radical (unpaired) electrons. The van der Waals surface area contributed by atoms with Crippen molar-refractivity contribution < 1.29 is 14.5 Å². The molecule has 1 aromatic carbocycles. The third-order valence-electron chi connectivity index (χ3n) is 2.65. The van der Waals surface area contributed by atoms with E-state index in [1.165, 1.54) is 12.1 Å². The highest BCUT2D eigenvalue weighted by molar-refractivity contribution is 6.39. The summed E-state index contributed by atoms with van der Waals surface area (Å²) in [4.78, 5) is 23.5. The molecule has 0 aliphatic rings. The zero-order valence-corrected chi connectivity index (χ0v) is 13.3. The Morgan fingerprint density at radius 1 is 1.33 bits per heavy atom. The van der Waals surface area contributed by atoms with Gasteiger partial charge in [-0.25, -0.2) is 0 Å². The standard InChI is InChI=1S/C13H16Cl2N2O4/c1-3-5-16(8-12(18)21-4-2)13-10(14)6-9(17(19)20)7-11(13)15/h6-7H,3-5,8H2,1-2H3. The zero-order chi connectivity index (χ0) is 16.0. The van der Waals surface area contributed by atoms with Gasteiger partial charge in [0.25, 0.3) is 5.69 Å². The van der Waals surface area contributed by atoms with Gasteiger partial charge in [0, 0.05) is 18.7 Å². The van der Waals surface area contributed by atoms with E-state index in [0.29, 0.717) is 12.2 Å². The summed E-state index contributed by atoms with van der Waals surface area (Å²) >= 11 is 12.2. The maximum Gasteiger partial charge on any atom is 0.325 e. The van der Waals surface area contributed by atoms with Gasteiger partial charge in [0.15, 0.2) is 0 Å². The monoisotopic (exact) mass is 334 g/mol.